The van der Waals surface area contributed by atoms with E-state index in [9.17, 15) is 19.5 Å². The van der Waals surface area contributed by atoms with Crippen LogP contribution in [0.1, 0.15) is 19.3 Å². The number of aliphatic hydroxyl groups is 1. The molecule has 0 aliphatic carbocycles. The highest BCUT2D eigenvalue weighted by atomic mass is 16.4. The van der Waals surface area contributed by atoms with Crippen LogP contribution in [0.2, 0.25) is 0 Å². The lowest BCUT2D eigenvalue weighted by atomic mass is 10.1. The Hall–Kier alpha value is -1.63. The van der Waals surface area contributed by atoms with Gasteiger partial charge in [0.1, 0.15) is 12.1 Å². The van der Waals surface area contributed by atoms with Gasteiger partial charge in [0.2, 0.25) is 11.8 Å². The SMILES string of the molecule is O=C1CC[C@@H](C(=O)N2CC(O)CC2C(=O)O)N1. The molecule has 0 bridgehead atoms. The number of nitrogens with zero attached hydrogens (tertiary/aromatic N) is 1. The summed E-state index contributed by atoms with van der Waals surface area (Å²) in [4.78, 5) is 35.1. The molecular weight excluding hydrogens is 228 g/mol. The second-order valence-corrected chi connectivity index (χ2v) is 4.39. The van der Waals surface area contributed by atoms with Crippen LogP contribution in [0, 0.1) is 0 Å². The van der Waals surface area contributed by atoms with E-state index in [2.05, 4.69) is 5.32 Å². The van der Waals surface area contributed by atoms with Crippen molar-refractivity contribution in [3.8, 4) is 0 Å². The number of likely N-dealkylation sites (tertiary alicyclic amines) is 1. The summed E-state index contributed by atoms with van der Waals surface area (Å²) in [5, 5.41) is 20.9. The lowest BCUT2D eigenvalue weighted by molar-refractivity contribution is -0.149. The van der Waals surface area contributed by atoms with E-state index in [0.717, 1.165) is 4.90 Å². The van der Waals surface area contributed by atoms with Crippen LogP contribution in [0.3, 0.4) is 0 Å². The molecule has 17 heavy (non-hydrogen) atoms. The summed E-state index contributed by atoms with van der Waals surface area (Å²) in [6.07, 6.45) is -0.0970. The second-order valence-electron chi connectivity index (χ2n) is 4.39. The van der Waals surface area contributed by atoms with Crippen LogP contribution in [-0.2, 0) is 14.4 Å². The molecule has 2 rings (SSSR count). The zero-order chi connectivity index (χ0) is 12.6. The zero-order valence-electron chi connectivity index (χ0n) is 9.13. The molecule has 2 unspecified atom stereocenters. The van der Waals surface area contributed by atoms with Gasteiger partial charge in [-0.15, -0.1) is 0 Å². The molecular formula is C10H14N2O5. The molecule has 0 saturated carbocycles. The quantitative estimate of drug-likeness (QED) is 0.535. The van der Waals surface area contributed by atoms with Gasteiger partial charge < -0.3 is 20.4 Å². The number of rotatable bonds is 2. The number of β-amino-alcohol motifs (C(OH)–C–C–N with tert-alkyl or cyclic N) is 1. The van der Waals surface area contributed by atoms with Crippen molar-refractivity contribution in [2.45, 2.75) is 37.5 Å². The molecule has 2 fully saturated rings. The van der Waals surface area contributed by atoms with Crippen molar-refractivity contribution in [1.29, 1.82) is 0 Å². The number of aliphatic hydroxyl groups excluding tert-OH is 1. The Balaban J connectivity index is 2.07. The number of amides is 2. The minimum atomic E-state index is -1.13. The Morgan fingerprint density at radius 2 is 2.12 bits per heavy atom. The molecule has 2 aliphatic rings. The van der Waals surface area contributed by atoms with Gasteiger partial charge in [-0.3, -0.25) is 9.59 Å². The van der Waals surface area contributed by atoms with E-state index < -0.39 is 30.1 Å². The van der Waals surface area contributed by atoms with Gasteiger partial charge in [0, 0.05) is 19.4 Å². The fourth-order valence-corrected chi connectivity index (χ4v) is 2.29. The van der Waals surface area contributed by atoms with Crippen LogP contribution in [0.5, 0.6) is 0 Å². The maximum atomic E-state index is 12.0. The molecule has 3 N–H and O–H groups in total. The summed E-state index contributed by atoms with van der Waals surface area (Å²) in [6.45, 7) is 0.0160. The van der Waals surface area contributed by atoms with Gasteiger partial charge in [0.25, 0.3) is 0 Å². The third-order valence-corrected chi connectivity index (χ3v) is 3.14. The molecule has 2 saturated heterocycles. The van der Waals surface area contributed by atoms with Gasteiger partial charge in [0.05, 0.1) is 6.10 Å². The lowest BCUT2D eigenvalue weighted by Gasteiger charge is -2.24. The Labute approximate surface area is 97.4 Å². The molecule has 0 aromatic rings. The van der Waals surface area contributed by atoms with Crippen molar-refractivity contribution in [2.75, 3.05) is 6.54 Å². The maximum absolute atomic E-state index is 12.0. The van der Waals surface area contributed by atoms with Crippen molar-refractivity contribution in [1.82, 2.24) is 10.2 Å². The number of hydrogen-bond acceptors (Lipinski definition) is 4. The van der Waals surface area contributed by atoms with Crippen LogP contribution in [0.4, 0.5) is 0 Å². The molecule has 7 heteroatoms. The van der Waals surface area contributed by atoms with Crippen LogP contribution in [-0.4, -0.2) is 57.6 Å². The van der Waals surface area contributed by atoms with E-state index in [4.69, 9.17) is 5.11 Å². The van der Waals surface area contributed by atoms with Crippen molar-refractivity contribution in [2.24, 2.45) is 0 Å². The highest BCUT2D eigenvalue weighted by Crippen LogP contribution is 2.21. The van der Waals surface area contributed by atoms with Gasteiger partial charge in [0.15, 0.2) is 0 Å². The molecule has 2 aliphatic heterocycles. The monoisotopic (exact) mass is 242 g/mol. The number of carboxylic acids is 1. The highest BCUT2D eigenvalue weighted by molar-refractivity contribution is 5.93. The first-order valence-electron chi connectivity index (χ1n) is 5.49. The molecule has 2 heterocycles. The number of nitrogens with one attached hydrogen (secondary N) is 1. The Morgan fingerprint density at radius 3 is 2.65 bits per heavy atom. The number of carbonyl (C=O) groups excluding carboxylic acids is 2. The fraction of sp³-hybridized carbons (Fsp3) is 0.700. The molecule has 3 atom stereocenters. The zero-order valence-corrected chi connectivity index (χ0v) is 9.13. The summed E-state index contributed by atoms with van der Waals surface area (Å²) < 4.78 is 0. The normalized spacial score (nSPS) is 32.6. The van der Waals surface area contributed by atoms with E-state index in [1.165, 1.54) is 0 Å². The summed E-state index contributed by atoms with van der Waals surface area (Å²) in [7, 11) is 0. The molecule has 0 spiro atoms. The van der Waals surface area contributed by atoms with E-state index >= 15 is 0 Å². The third-order valence-electron chi connectivity index (χ3n) is 3.14. The van der Waals surface area contributed by atoms with Crippen LogP contribution < -0.4 is 5.32 Å². The topological polar surface area (TPSA) is 107 Å². The average molecular weight is 242 g/mol. The predicted octanol–water partition coefficient (Wildman–Crippen LogP) is -1.69. The largest absolute Gasteiger partial charge is 0.480 e. The first kappa shape index (κ1) is 11.8. The summed E-state index contributed by atoms with van der Waals surface area (Å²) in [6, 6.07) is -1.63. The number of hydrogen-bond donors (Lipinski definition) is 3. The van der Waals surface area contributed by atoms with Gasteiger partial charge >= 0.3 is 5.97 Å². The van der Waals surface area contributed by atoms with Crippen molar-refractivity contribution >= 4 is 17.8 Å². The molecule has 2 amide bonds. The van der Waals surface area contributed by atoms with Crippen molar-refractivity contribution in [3.63, 3.8) is 0 Å². The number of carbonyl (C=O) groups is 3. The summed E-state index contributed by atoms with van der Waals surface area (Å²) >= 11 is 0. The van der Waals surface area contributed by atoms with E-state index in [0.29, 0.717) is 6.42 Å². The van der Waals surface area contributed by atoms with E-state index in [1.807, 2.05) is 0 Å². The third kappa shape index (κ3) is 2.23. The smallest absolute Gasteiger partial charge is 0.326 e. The number of aliphatic carboxylic acids is 1. The minimum absolute atomic E-state index is 0.0160. The number of carboxylic acid groups (broad SMARTS) is 1. The predicted molar refractivity (Wildman–Crippen MR) is 54.9 cm³/mol. The van der Waals surface area contributed by atoms with E-state index in [1.54, 1.807) is 0 Å². The Bertz CT molecular complexity index is 370. The van der Waals surface area contributed by atoms with Crippen LogP contribution in [0.15, 0.2) is 0 Å². The van der Waals surface area contributed by atoms with Crippen molar-refractivity contribution in [3.05, 3.63) is 0 Å². The van der Waals surface area contributed by atoms with Gasteiger partial charge in [-0.25, -0.2) is 4.79 Å². The van der Waals surface area contributed by atoms with Crippen LogP contribution in [0.25, 0.3) is 0 Å². The summed E-state index contributed by atoms with van der Waals surface area (Å²) in [5.74, 6) is -1.74. The molecule has 0 radical (unpaired) electrons. The van der Waals surface area contributed by atoms with Crippen molar-refractivity contribution < 1.29 is 24.6 Å². The second kappa shape index (κ2) is 4.33. The Morgan fingerprint density at radius 1 is 1.41 bits per heavy atom. The average Bonchev–Trinajstić information content (AvgIpc) is 2.83. The van der Waals surface area contributed by atoms with Crippen LogP contribution >= 0.6 is 0 Å². The first-order valence-corrected chi connectivity index (χ1v) is 5.49. The standard InChI is InChI=1S/C10H14N2O5/c13-5-3-7(10(16)17)12(4-5)9(15)6-1-2-8(14)11-6/h5-7,13H,1-4H2,(H,11,14)(H,16,17)/t5?,6-,7?/m0/s1. The van der Waals surface area contributed by atoms with Gasteiger partial charge in [-0.05, 0) is 6.42 Å². The maximum Gasteiger partial charge on any atom is 0.326 e. The summed E-state index contributed by atoms with van der Waals surface area (Å²) in [5.41, 5.74) is 0. The van der Waals surface area contributed by atoms with Gasteiger partial charge in [-0.2, -0.15) is 0 Å². The lowest BCUT2D eigenvalue weighted by Crippen LogP contribution is -2.49. The van der Waals surface area contributed by atoms with Gasteiger partial charge in [-0.1, -0.05) is 0 Å². The fourth-order valence-electron chi connectivity index (χ4n) is 2.29. The Kier molecular flexibility index (Phi) is 3.01. The molecule has 0 aromatic carbocycles. The molecule has 7 nitrogen and oxygen atoms in total. The highest BCUT2D eigenvalue weighted by Gasteiger charge is 2.42. The molecule has 94 valence electrons. The minimum Gasteiger partial charge on any atom is -0.480 e. The first-order chi connectivity index (χ1) is 7.99. The van der Waals surface area contributed by atoms with E-state index in [-0.39, 0.29) is 25.3 Å². The molecule has 0 aromatic heterocycles.